The van der Waals surface area contributed by atoms with Crippen LogP contribution in [0.15, 0.2) is 49.1 Å². The van der Waals surface area contributed by atoms with Crippen LogP contribution in [0, 0.1) is 0 Å². The Morgan fingerprint density at radius 2 is 1.22 bits per heavy atom. The van der Waals surface area contributed by atoms with Crippen molar-refractivity contribution in [3.63, 3.8) is 0 Å². The number of nitrogens with one attached hydrogen (secondary N) is 2. The zero-order valence-electron chi connectivity index (χ0n) is 9.51. The minimum absolute atomic E-state index is 0.976. The Hall–Kier alpha value is -2.62. The smallest absolute Gasteiger partial charge is 0.0958 e. The summed E-state index contributed by atoms with van der Waals surface area (Å²) in [5.74, 6) is 0. The monoisotopic (exact) mass is 234 g/mol. The van der Waals surface area contributed by atoms with E-state index in [4.69, 9.17) is 0 Å². The molecule has 18 heavy (non-hydrogen) atoms. The highest BCUT2D eigenvalue weighted by Crippen LogP contribution is 2.31. The van der Waals surface area contributed by atoms with Gasteiger partial charge >= 0.3 is 0 Å². The first-order valence-electron chi connectivity index (χ1n) is 5.78. The highest BCUT2D eigenvalue weighted by atomic mass is 14.8. The fourth-order valence-electron chi connectivity index (χ4n) is 2.32. The van der Waals surface area contributed by atoms with Crippen molar-refractivity contribution >= 4 is 22.1 Å². The quantitative estimate of drug-likeness (QED) is 0.531. The van der Waals surface area contributed by atoms with Crippen molar-refractivity contribution in [2.24, 2.45) is 0 Å². The van der Waals surface area contributed by atoms with Crippen LogP contribution in [0.1, 0.15) is 0 Å². The van der Waals surface area contributed by atoms with Gasteiger partial charge in [-0.1, -0.05) is 0 Å². The zero-order valence-corrected chi connectivity index (χ0v) is 9.51. The molecule has 0 fully saturated rings. The fourth-order valence-corrected chi connectivity index (χ4v) is 2.32. The van der Waals surface area contributed by atoms with E-state index < -0.39 is 0 Å². The number of fused-ring (bicyclic) bond motifs is 2. The van der Waals surface area contributed by atoms with Crippen LogP contribution in [-0.2, 0) is 0 Å². The second-order valence-electron chi connectivity index (χ2n) is 4.20. The van der Waals surface area contributed by atoms with Gasteiger partial charge in [-0.2, -0.15) is 0 Å². The van der Waals surface area contributed by atoms with E-state index in [2.05, 4.69) is 19.9 Å². The number of hydrogen-bond donors (Lipinski definition) is 2. The number of nitrogens with zero attached hydrogens (tertiary/aromatic N) is 2. The Morgan fingerprint density at radius 1 is 0.722 bits per heavy atom. The van der Waals surface area contributed by atoms with Gasteiger partial charge in [0.05, 0.1) is 22.1 Å². The first-order chi connectivity index (χ1) is 8.93. The summed E-state index contributed by atoms with van der Waals surface area (Å²) in [5.41, 5.74) is 6.19. The molecule has 0 radical (unpaired) electrons. The summed E-state index contributed by atoms with van der Waals surface area (Å²) in [7, 11) is 0. The Kier molecular flexibility index (Phi) is 1.80. The van der Waals surface area contributed by atoms with Crippen LogP contribution in [-0.4, -0.2) is 19.9 Å². The molecular weight excluding hydrogens is 224 g/mol. The van der Waals surface area contributed by atoms with Crippen LogP contribution in [0.2, 0.25) is 0 Å². The van der Waals surface area contributed by atoms with Crippen molar-refractivity contribution in [3.8, 4) is 11.1 Å². The van der Waals surface area contributed by atoms with E-state index in [1.54, 1.807) is 0 Å². The molecule has 0 unspecified atom stereocenters. The molecule has 0 spiro atoms. The molecule has 4 aromatic rings. The first kappa shape index (κ1) is 9.41. The molecule has 0 bridgehead atoms. The average molecular weight is 234 g/mol. The first-order valence-corrected chi connectivity index (χ1v) is 5.78. The van der Waals surface area contributed by atoms with Crippen LogP contribution in [0.5, 0.6) is 0 Å². The molecule has 86 valence electrons. The SMILES string of the molecule is c1cnc2c(-c3c[nH]c4cccnc34)c[nH]c2c1. The summed E-state index contributed by atoms with van der Waals surface area (Å²) in [5, 5.41) is 0. The molecular formula is C14H10N4. The van der Waals surface area contributed by atoms with Gasteiger partial charge in [-0.3, -0.25) is 9.97 Å². The second-order valence-corrected chi connectivity index (χ2v) is 4.20. The Balaban J connectivity index is 2.08. The highest BCUT2D eigenvalue weighted by Gasteiger charge is 2.11. The van der Waals surface area contributed by atoms with Gasteiger partial charge in [0, 0.05) is 35.9 Å². The Morgan fingerprint density at radius 3 is 1.72 bits per heavy atom. The standard InChI is InChI=1S/C14H10N4/c1-3-11-13(15-5-1)9(7-17-11)10-8-18-12-4-2-6-16-14(10)12/h1-8,17-18H. The molecule has 0 aliphatic heterocycles. The summed E-state index contributed by atoms with van der Waals surface area (Å²) < 4.78 is 0. The summed E-state index contributed by atoms with van der Waals surface area (Å²) in [6, 6.07) is 7.90. The molecule has 0 atom stereocenters. The van der Waals surface area contributed by atoms with Crippen LogP contribution in [0.3, 0.4) is 0 Å². The van der Waals surface area contributed by atoms with Crippen LogP contribution >= 0.6 is 0 Å². The molecule has 4 aromatic heterocycles. The number of aromatic nitrogens is 4. The minimum atomic E-state index is 0.976. The molecule has 0 amide bonds. The third kappa shape index (κ3) is 1.20. The molecule has 2 N–H and O–H groups in total. The lowest BCUT2D eigenvalue weighted by atomic mass is 10.1. The summed E-state index contributed by atoms with van der Waals surface area (Å²) in [6.45, 7) is 0. The Bertz CT molecular complexity index is 769. The van der Waals surface area contributed by atoms with E-state index in [1.165, 1.54) is 0 Å². The number of H-pyrrole nitrogens is 2. The predicted octanol–water partition coefficient (Wildman–Crippen LogP) is 3.11. The van der Waals surface area contributed by atoms with Crippen molar-refractivity contribution in [1.29, 1.82) is 0 Å². The van der Waals surface area contributed by atoms with E-state index in [9.17, 15) is 0 Å². The Labute approximate surface area is 103 Å². The largest absolute Gasteiger partial charge is 0.359 e. The van der Waals surface area contributed by atoms with Crippen molar-refractivity contribution in [2.45, 2.75) is 0 Å². The molecule has 4 heterocycles. The lowest BCUT2D eigenvalue weighted by Gasteiger charge is -1.95. The highest BCUT2D eigenvalue weighted by molar-refractivity contribution is 6.01. The van der Waals surface area contributed by atoms with Crippen LogP contribution in [0.25, 0.3) is 33.2 Å². The molecule has 0 saturated heterocycles. The maximum absolute atomic E-state index is 4.43. The third-order valence-electron chi connectivity index (χ3n) is 3.16. The molecule has 0 aliphatic rings. The molecule has 0 aromatic carbocycles. The second kappa shape index (κ2) is 3.43. The minimum Gasteiger partial charge on any atom is -0.359 e. The van der Waals surface area contributed by atoms with Gasteiger partial charge in [0.2, 0.25) is 0 Å². The molecule has 4 nitrogen and oxygen atoms in total. The van der Waals surface area contributed by atoms with Gasteiger partial charge in [0.1, 0.15) is 0 Å². The van der Waals surface area contributed by atoms with E-state index in [1.807, 2.05) is 49.1 Å². The maximum Gasteiger partial charge on any atom is 0.0958 e. The van der Waals surface area contributed by atoms with Gasteiger partial charge in [0.25, 0.3) is 0 Å². The van der Waals surface area contributed by atoms with Crippen LogP contribution < -0.4 is 0 Å². The molecule has 0 saturated carbocycles. The topological polar surface area (TPSA) is 57.4 Å². The summed E-state index contributed by atoms with van der Waals surface area (Å²) in [6.07, 6.45) is 7.58. The number of aromatic amines is 2. The van der Waals surface area contributed by atoms with E-state index in [-0.39, 0.29) is 0 Å². The number of pyridine rings is 2. The van der Waals surface area contributed by atoms with Crippen molar-refractivity contribution in [1.82, 2.24) is 19.9 Å². The fraction of sp³-hybridized carbons (Fsp3) is 0. The zero-order chi connectivity index (χ0) is 11.9. The number of rotatable bonds is 1. The van der Waals surface area contributed by atoms with Gasteiger partial charge in [-0.15, -0.1) is 0 Å². The normalized spacial score (nSPS) is 11.3. The maximum atomic E-state index is 4.43. The molecule has 4 heteroatoms. The van der Waals surface area contributed by atoms with E-state index >= 15 is 0 Å². The van der Waals surface area contributed by atoms with Gasteiger partial charge < -0.3 is 9.97 Å². The van der Waals surface area contributed by atoms with Crippen LogP contribution in [0.4, 0.5) is 0 Å². The lowest BCUT2D eigenvalue weighted by Crippen LogP contribution is -1.78. The number of hydrogen-bond acceptors (Lipinski definition) is 2. The average Bonchev–Trinajstić information content (AvgIpc) is 3.01. The van der Waals surface area contributed by atoms with Gasteiger partial charge in [-0.25, -0.2) is 0 Å². The lowest BCUT2D eigenvalue weighted by molar-refractivity contribution is 1.40. The summed E-state index contributed by atoms with van der Waals surface area (Å²) in [4.78, 5) is 15.3. The van der Waals surface area contributed by atoms with E-state index in [0.717, 1.165) is 33.2 Å². The van der Waals surface area contributed by atoms with Crippen molar-refractivity contribution in [3.05, 3.63) is 49.1 Å². The van der Waals surface area contributed by atoms with Crippen molar-refractivity contribution < 1.29 is 0 Å². The predicted molar refractivity (Wildman–Crippen MR) is 71.2 cm³/mol. The van der Waals surface area contributed by atoms with Gasteiger partial charge in [-0.05, 0) is 24.3 Å². The third-order valence-corrected chi connectivity index (χ3v) is 3.16. The van der Waals surface area contributed by atoms with Crippen molar-refractivity contribution in [2.75, 3.05) is 0 Å². The molecule has 4 rings (SSSR count). The van der Waals surface area contributed by atoms with E-state index in [0.29, 0.717) is 0 Å². The van der Waals surface area contributed by atoms with Gasteiger partial charge in [0.15, 0.2) is 0 Å². The summed E-state index contributed by atoms with van der Waals surface area (Å²) >= 11 is 0. The molecule has 0 aliphatic carbocycles.